The molecule has 4 heteroatoms. The molecule has 98 valence electrons. The van der Waals surface area contributed by atoms with Gasteiger partial charge >= 0.3 is 0 Å². The number of carbonyl (C=O) groups excluding carboxylic acids is 1. The fraction of sp³-hybridized carbons (Fsp3) is 0.500. The van der Waals surface area contributed by atoms with E-state index in [-0.39, 0.29) is 11.9 Å². The molecule has 1 aliphatic rings. The summed E-state index contributed by atoms with van der Waals surface area (Å²) < 4.78 is 5.34. The molecule has 2 rings (SSSR count). The number of halogens is 1. The fourth-order valence-electron chi connectivity index (χ4n) is 2.10. The van der Waals surface area contributed by atoms with Gasteiger partial charge in [0.25, 0.3) is 5.91 Å². The smallest absolute Gasteiger partial charge is 0.251 e. The Morgan fingerprint density at radius 2 is 2.22 bits per heavy atom. The Kier molecular flexibility index (Phi) is 4.78. The minimum atomic E-state index is -0.00415. The van der Waals surface area contributed by atoms with Crippen LogP contribution in [0.1, 0.15) is 29.3 Å². The Morgan fingerprint density at radius 3 is 2.78 bits per heavy atom. The van der Waals surface area contributed by atoms with Gasteiger partial charge in [-0.1, -0.05) is 28.1 Å². The number of carbonyl (C=O) groups is 1. The minimum absolute atomic E-state index is 0.00415. The van der Waals surface area contributed by atoms with E-state index in [4.69, 9.17) is 4.74 Å². The van der Waals surface area contributed by atoms with Crippen LogP contribution >= 0.6 is 15.9 Å². The lowest BCUT2D eigenvalue weighted by atomic mass is 10.0. The summed E-state index contributed by atoms with van der Waals surface area (Å²) in [6.07, 6.45) is 1.03. The molecular formula is C14H18BrNO2. The van der Waals surface area contributed by atoms with Crippen molar-refractivity contribution in [2.24, 2.45) is 5.92 Å². The highest BCUT2D eigenvalue weighted by Crippen LogP contribution is 2.17. The van der Waals surface area contributed by atoms with Crippen molar-refractivity contribution in [3.8, 4) is 0 Å². The summed E-state index contributed by atoms with van der Waals surface area (Å²) in [5.41, 5.74) is 1.88. The molecular weight excluding hydrogens is 294 g/mol. The molecule has 1 N–H and O–H groups in total. The summed E-state index contributed by atoms with van der Waals surface area (Å²) in [6, 6.07) is 7.82. The normalized spacial score (nSPS) is 20.7. The van der Waals surface area contributed by atoms with Gasteiger partial charge in [0.2, 0.25) is 0 Å². The van der Waals surface area contributed by atoms with Crippen molar-refractivity contribution in [3.05, 3.63) is 35.4 Å². The van der Waals surface area contributed by atoms with Crippen LogP contribution < -0.4 is 5.32 Å². The van der Waals surface area contributed by atoms with Gasteiger partial charge in [0.05, 0.1) is 6.61 Å². The zero-order chi connectivity index (χ0) is 13.0. The van der Waals surface area contributed by atoms with Crippen LogP contribution in [0.5, 0.6) is 0 Å². The molecule has 1 fully saturated rings. The lowest BCUT2D eigenvalue weighted by Crippen LogP contribution is -2.38. The van der Waals surface area contributed by atoms with Crippen molar-refractivity contribution in [1.29, 1.82) is 0 Å². The summed E-state index contributed by atoms with van der Waals surface area (Å²) in [4.78, 5) is 12.0. The topological polar surface area (TPSA) is 38.3 Å². The number of alkyl halides is 1. The molecule has 1 aromatic rings. The maximum atomic E-state index is 12.0. The number of ether oxygens (including phenoxy) is 1. The summed E-state index contributed by atoms with van der Waals surface area (Å²) >= 11 is 3.39. The third-order valence-electron chi connectivity index (χ3n) is 3.40. The lowest BCUT2D eigenvalue weighted by Gasteiger charge is -2.19. The number of amides is 1. The molecule has 0 aliphatic carbocycles. The molecule has 1 amide bonds. The molecule has 18 heavy (non-hydrogen) atoms. The largest absolute Gasteiger partial charge is 0.381 e. The molecule has 1 aliphatic heterocycles. The van der Waals surface area contributed by atoms with Crippen molar-refractivity contribution in [1.82, 2.24) is 5.32 Å². The second-order valence-electron chi connectivity index (χ2n) is 4.72. The molecule has 0 radical (unpaired) electrons. The van der Waals surface area contributed by atoms with E-state index in [1.165, 1.54) is 5.56 Å². The van der Waals surface area contributed by atoms with E-state index in [1.54, 1.807) is 0 Å². The van der Waals surface area contributed by atoms with Gasteiger partial charge in [0.15, 0.2) is 0 Å². The van der Waals surface area contributed by atoms with Gasteiger partial charge in [0, 0.05) is 29.5 Å². The molecule has 1 saturated heterocycles. The first-order chi connectivity index (χ1) is 8.70. The van der Waals surface area contributed by atoms with Crippen LogP contribution in [0.25, 0.3) is 0 Å². The first-order valence-corrected chi connectivity index (χ1v) is 7.36. The first kappa shape index (κ1) is 13.6. The molecule has 0 aromatic heterocycles. The third-order valence-corrected chi connectivity index (χ3v) is 4.05. The van der Waals surface area contributed by atoms with Crippen LogP contribution in [0.15, 0.2) is 24.3 Å². The third kappa shape index (κ3) is 3.33. The van der Waals surface area contributed by atoms with Crippen molar-refractivity contribution < 1.29 is 9.53 Å². The predicted molar refractivity (Wildman–Crippen MR) is 74.9 cm³/mol. The Hall–Kier alpha value is -0.870. The van der Waals surface area contributed by atoms with E-state index < -0.39 is 0 Å². The van der Waals surface area contributed by atoms with Gasteiger partial charge in [0.1, 0.15) is 0 Å². The van der Waals surface area contributed by atoms with Gasteiger partial charge in [-0.25, -0.2) is 0 Å². The van der Waals surface area contributed by atoms with Crippen molar-refractivity contribution in [2.75, 3.05) is 13.2 Å². The minimum Gasteiger partial charge on any atom is -0.381 e. The average Bonchev–Trinajstić information content (AvgIpc) is 2.92. The van der Waals surface area contributed by atoms with Gasteiger partial charge < -0.3 is 10.1 Å². The van der Waals surface area contributed by atoms with E-state index in [2.05, 4.69) is 21.2 Å². The zero-order valence-corrected chi connectivity index (χ0v) is 12.1. The van der Waals surface area contributed by atoms with Crippen LogP contribution in [0.3, 0.4) is 0 Å². The summed E-state index contributed by atoms with van der Waals surface area (Å²) in [7, 11) is 0. The average molecular weight is 312 g/mol. The monoisotopic (exact) mass is 311 g/mol. The van der Waals surface area contributed by atoms with Crippen molar-refractivity contribution in [3.63, 3.8) is 0 Å². The summed E-state index contributed by atoms with van der Waals surface area (Å²) in [6.45, 7) is 3.61. The van der Waals surface area contributed by atoms with Crippen molar-refractivity contribution >= 4 is 21.8 Å². The summed E-state index contributed by atoms with van der Waals surface area (Å²) in [5, 5.41) is 3.86. The number of hydrogen-bond acceptors (Lipinski definition) is 2. The molecule has 0 saturated carbocycles. The van der Waals surface area contributed by atoms with Gasteiger partial charge in [-0.3, -0.25) is 4.79 Å². The number of hydrogen-bond donors (Lipinski definition) is 1. The lowest BCUT2D eigenvalue weighted by molar-refractivity contribution is 0.0922. The molecule has 0 spiro atoms. The standard InChI is InChI=1S/C14H18BrNO2/c1-10(13-6-7-18-9-13)16-14(17)12-4-2-11(8-15)3-5-12/h2-5,10,13H,6-9H2,1H3,(H,16,17). The van der Waals surface area contributed by atoms with E-state index in [0.717, 1.165) is 25.0 Å². The maximum absolute atomic E-state index is 12.0. The molecule has 1 heterocycles. The second kappa shape index (κ2) is 6.34. The van der Waals surface area contributed by atoms with E-state index in [1.807, 2.05) is 31.2 Å². The predicted octanol–water partition coefficient (Wildman–Crippen LogP) is 2.74. The molecule has 3 nitrogen and oxygen atoms in total. The highest BCUT2D eigenvalue weighted by atomic mass is 79.9. The molecule has 2 unspecified atom stereocenters. The number of benzene rings is 1. The zero-order valence-electron chi connectivity index (χ0n) is 10.5. The Balaban J connectivity index is 1.93. The highest BCUT2D eigenvalue weighted by Gasteiger charge is 2.23. The van der Waals surface area contributed by atoms with Crippen molar-refractivity contribution in [2.45, 2.75) is 24.7 Å². The molecule has 2 atom stereocenters. The fourth-order valence-corrected chi connectivity index (χ4v) is 2.47. The Bertz CT molecular complexity index is 399. The van der Waals surface area contributed by atoms with E-state index >= 15 is 0 Å². The molecule has 1 aromatic carbocycles. The van der Waals surface area contributed by atoms with Crippen LogP contribution in [-0.4, -0.2) is 25.2 Å². The van der Waals surface area contributed by atoms with Crippen LogP contribution in [0, 0.1) is 5.92 Å². The Labute approximate surface area is 116 Å². The first-order valence-electron chi connectivity index (χ1n) is 6.24. The SMILES string of the molecule is CC(NC(=O)c1ccc(CBr)cc1)C1CCOC1. The Morgan fingerprint density at radius 1 is 1.50 bits per heavy atom. The highest BCUT2D eigenvalue weighted by molar-refractivity contribution is 9.08. The van der Waals surface area contributed by atoms with Crippen LogP contribution in [0.2, 0.25) is 0 Å². The second-order valence-corrected chi connectivity index (χ2v) is 5.28. The van der Waals surface area contributed by atoms with Gasteiger partial charge in [-0.2, -0.15) is 0 Å². The maximum Gasteiger partial charge on any atom is 0.251 e. The van der Waals surface area contributed by atoms with Crippen LogP contribution in [0.4, 0.5) is 0 Å². The quantitative estimate of drug-likeness (QED) is 0.868. The summed E-state index contributed by atoms with van der Waals surface area (Å²) in [5.74, 6) is 0.436. The van der Waals surface area contributed by atoms with E-state index in [9.17, 15) is 4.79 Å². The van der Waals surface area contributed by atoms with Crippen LogP contribution in [-0.2, 0) is 10.1 Å². The van der Waals surface area contributed by atoms with E-state index in [0.29, 0.717) is 11.5 Å². The van der Waals surface area contributed by atoms with Gasteiger partial charge in [-0.05, 0) is 31.0 Å². The number of nitrogens with one attached hydrogen (secondary N) is 1. The number of rotatable bonds is 4. The van der Waals surface area contributed by atoms with Gasteiger partial charge in [-0.15, -0.1) is 0 Å². The molecule has 0 bridgehead atoms.